The van der Waals surface area contributed by atoms with Crippen molar-refractivity contribution in [1.29, 1.82) is 0 Å². The molecule has 0 bridgehead atoms. The minimum Gasteiger partial charge on any atom is -0.497 e. The second-order valence-electron chi connectivity index (χ2n) is 18.0. The number of pyridine rings is 1. The van der Waals surface area contributed by atoms with Gasteiger partial charge in [0.05, 0.1) is 75.7 Å². The maximum absolute atomic E-state index is 13.8. The fraction of sp³-hybridized carbons (Fsp3) is 0.323. The summed E-state index contributed by atoms with van der Waals surface area (Å²) < 4.78 is 151. The molecule has 472 valence electrons. The summed E-state index contributed by atoms with van der Waals surface area (Å²) in [5.74, 6) is -0.727. The second kappa shape index (κ2) is 41.7. The first-order valence-corrected chi connectivity index (χ1v) is 29.7. The molecule has 0 aliphatic carbocycles. The average Bonchev–Trinajstić information content (AvgIpc) is 0.756. The van der Waals surface area contributed by atoms with Gasteiger partial charge in [0.1, 0.15) is 23.0 Å². The molecule has 0 fully saturated rings. The third-order valence-corrected chi connectivity index (χ3v) is 14.9. The lowest BCUT2D eigenvalue weighted by Crippen LogP contribution is -2.37. The lowest BCUT2D eigenvalue weighted by Gasteiger charge is -2.24. The van der Waals surface area contributed by atoms with Crippen LogP contribution in [0.2, 0.25) is 0 Å². The predicted octanol–water partition coefficient (Wildman–Crippen LogP) is 12.3. The molecular weight excluding hydrogens is 1170 g/mol. The zero-order valence-electron chi connectivity index (χ0n) is 61.7. The molecular formula is C65H87ClN8O11S2. The number of carboxylic acids is 1. The number of nitrogens with zero attached hydrogens (tertiary/aromatic N) is 7. The van der Waals surface area contributed by atoms with Crippen LogP contribution in [0.25, 0.3) is 0 Å². The summed E-state index contributed by atoms with van der Waals surface area (Å²) >= 11 is 0. The van der Waals surface area contributed by atoms with Crippen LogP contribution in [0.3, 0.4) is 0 Å². The van der Waals surface area contributed by atoms with Gasteiger partial charge in [-0.15, -0.1) is 12.4 Å². The summed E-state index contributed by atoms with van der Waals surface area (Å²) in [7, 11) is 5.85. The minimum atomic E-state index is -4.59. The van der Waals surface area contributed by atoms with Crippen LogP contribution < -0.4 is 32.9 Å². The molecule has 7 aromatic rings. The Morgan fingerprint density at radius 2 is 1.06 bits per heavy atom. The Hall–Kier alpha value is -8.30. The van der Waals surface area contributed by atoms with E-state index in [1.165, 1.54) is 95.0 Å². The molecule has 0 spiro atoms. The smallest absolute Gasteiger partial charge is 0.335 e. The minimum absolute atomic E-state index is 0. The number of hydrogen-bond donors (Lipinski definition) is 2. The largest absolute Gasteiger partial charge is 0.497 e. The van der Waals surface area contributed by atoms with E-state index in [1.807, 2.05) is 38.1 Å². The molecule has 0 unspecified atom stereocenters. The number of benzene rings is 6. The Labute approximate surface area is 536 Å². The number of methoxy groups -OCH3 is 4. The molecule has 0 radical (unpaired) electrons. The molecule has 0 saturated carbocycles. The summed E-state index contributed by atoms with van der Waals surface area (Å²) in [6.07, 6.45) is 4.66. The third-order valence-electron chi connectivity index (χ3n) is 11.5. The van der Waals surface area contributed by atoms with Crippen LogP contribution in [0.1, 0.15) is 79.7 Å². The van der Waals surface area contributed by atoms with Crippen LogP contribution in [0.4, 0.5) is 17.1 Å². The molecule has 7 rings (SSSR count). The van der Waals surface area contributed by atoms with Crippen molar-refractivity contribution >= 4 is 67.4 Å². The highest BCUT2D eigenvalue weighted by Gasteiger charge is 2.33. The zero-order valence-corrected chi connectivity index (χ0v) is 54.2. The van der Waals surface area contributed by atoms with Gasteiger partial charge in [0.25, 0.3) is 26.0 Å². The molecule has 6 aromatic carbocycles. The molecule has 22 heteroatoms. The molecule has 0 aliphatic rings. The van der Waals surface area contributed by atoms with Gasteiger partial charge in [-0.25, -0.2) is 31.6 Å². The van der Waals surface area contributed by atoms with Crippen molar-refractivity contribution in [1.82, 2.24) is 14.8 Å². The number of anilines is 3. The van der Waals surface area contributed by atoms with E-state index in [-0.39, 0.29) is 33.4 Å². The van der Waals surface area contributed by atoms with E-state index in [4.69, 9.17) is 37.8 Å². The van der Waals surface area contributed by atoms with Gasteiger partial charge < -0.3 is 38.8 Å². The maximum Gasteiger partial charge on any atom is 0.335 e. The molecule has 1 amide bonds. The van der Waals surface area contributed by atoms with Crippen molar-refractivity contribution in [3.05, 3.63) is 192 Å². The highest BCUT2D eigenvalue weighted by molar-refractivity contribution is 7.93. The van der Waals surface area contributed by atoms with Crippen LogP contribution in [0.15, 0.2) is 190 Å². The van der Waals surface area contributed by atoms with E-state index in [0.717, 1.165) is 26.1 Å². The van der Waals surface area contributed by atoms with Crippen LogP contribution in [-0.4, -0.2) is 151 Å². The molecule has 2 N–H and O–H groups in total. The normalized spacial score (nSPS) is 11.8. The number of halogens is 1. The molecule has 87 heavy (non-hydrogen) atoms. The number of rotatable bonds is 21. The molecule has 1 heterocycles. The van der Waals surface area contributed by atoms with Crippen molar-refractivity contribution < 1.29 is 64.2 Å². The number of aromatic carboxylic acids is 1. The van der Waals surface area contributed by atoms with Crippen LogP contribution in [0.5, 0.6) is 23.0 Å². The van der Waals surface area contributed by atoms with Crippen LogP contribution in [-0.2, 0) is 20.0 Å². The number of carboxylic acid groups (broad SMARTS) is 1. The molecule has 19 nitrogen and oxygen atoms in total. The third kappa shape index (κ3) is 27.7. The number of ether oxygens (including phenoxy) is 4. The Morgan fingerprint density at radius 3 is 1.45 bits per heavy atom. The van der Waals surface area contributed by atoms with E-state index >= 15 is 0 Å². The number of carbonyl (C=O) groups excluding carboxylic acids is 1. The number of amides is 1. The number of sulfonamides is 2. The van der Waals surface area contributed by atoms with Gasteiger partial charge in [-0.1, -0.05) is 57.0 Å². The molecule has 0 saturated heterocycles. The topological polar surface area (TPSA) is 222 Å². The quantitative estimate of drug-likeness (QED) is 0.0504. The average molecular weight is 1270 g/mol. The van der Waals surface area contributed by atoms with Gasteiger partial charge >= 0.3 is 5.97 Å². The van der Waals surface area contributed by atoms with Crippen LogP contribution in [0, 0.1) is 13.8 Å². The molecule has 0 aliphatic heterocycles. The van der Waals surface area contributed by atoms with E-state index in [1.54, 1.807) is 69.9 Å². The zero-order chi connectivity index (χ0) is 72.8. The summed E-state index contributed by atoms with van der Waals surface area (Å²) in [5.41, 5.74) is 0.999. The first kappa shape index (κ1) is 60.4. The summed E-state index contributed by atoms with van der Waals surface area (Å²) in [5, 5.41) is 8.62. The van der Waals surface area contributed by atoms with E-state index in [2.05, 4.69) is 70.4 Å². The van der Waals surface area contributed by atoms with Gasteiger partial charge in [0.2, 0.25) is 0 Å². The second-order valence-corrected chi connectivity index (χ2v) is 21.4. The first-order chi connectivity index (χ1) is 45.2. The summed E-state index contributed by atoms with van der Waals surface area (Å²) in [6, 6.07) is 20.7. The van der Waals surface area contributed by atoms with Gasteiger partial charge in [-0.2, -0.15) is 4.31 Å². The fourth-order valence-corrected chi connectivity index (χ4v) is 9.80. The van der Waals surface area contributed by atoms with Crippen molar-refractivity contribution in [3.8, 4) is 23.0 Å². The number of hydrogen-bond acceptors (Lipinski definition) is 16. The van der Waals surface area contributed by atoms with Gasteiger partial charge in [0.15, 0.2) is 0 Å². The lowest BCUT2D eigenvalue weighted by atomic mass is 10.2. The molecule has 0 atom stereocenters. The van der Waals surface area contributed by atoms with Crippen molar-refractivity contribution in [2.45, 2.75) is 57.8 Å². The summed E-state index contributed by atoms with van der Waals surface area (Å²) in [6.45, 7) is 18.0. The SMILES string of the molecule is CCN(CC)CC.CCN=C=NCCCN(C)C.CN(C)c1ccncc1.COc1ccc(NS(=O)(=O)c2ccc(OC)cc2C)cc1.Cl.[2H]c1c([2H])c([2H])c(C(=O)N(c2ccc(OC)cc2)S(=O)(=O)c2ccc(OC)cc2C)c([2H])c1[2H].[2H]c1c([2H])c([2H])c(C(=O)O)c([2H])c1[2H]. The first-order valence-electron chi connectivity index (χ1n) is 31.8. The van der Waals surface area contributed by atoms with Crippen molar-refractivity contribution in [3.63, 3.8) is 0 Å². The predicted molar refractivity (Wildman–Crippen MR) is 354 cm³/mol. The number of nitrogens with one attached hydrogen (secondary N) is 1. The number of aromatic nitrogens is 1. The van der Waals surface area contributed by atoms with Crippen molar-refractivity contribution in [2.24, 2.45) is 9.98 Å². The van der Waals surface area contributed by atoms with E-state index in [0.29, 0.717) is 38.6 Å². The van der Waals surface area contributed by atoms with Gasteiger partial charge in [-0.3, -0.25) is 14.5 Å². The standard InChI is InChI=1S/C22H21NO5S.C15H17NO4S.C8H17N3.C7H10N2.C7H6O2.C6H15N.ClH/c1-16-15-20(28-3)13-14-21(16)29(25,26)23(18-9-11-19(27-2)12-10-18)22(24)17-7-5-4-6-8-17;1-11-10-14(20-3)8-9-15(11)21(17,18)16-12-4-6-13(19-2)7-5-12;1-4-9-8-10-6-5-7-11(2)3;1-9(2)7-3-5-8-6-4-7;8-7(9)6-4-2-1-3-5-6;1-4-7(5-2)6-3;/h4-15H,1-3H3;4-10,16H,1-3H3;4-7H2,1-3H3;3-6H,1-2H3;1-5H,(H,8,9);4-6H2,1-3H3;1H/i4D,5D,6D,7D,8D;;;;1D,2D,3D,4D,5D;;. The monoisotopic (exact) mass is 1260 g/mol. The number of carbonyl (C=O) groups is 2. The van der Waals surface area contributed by atoms with Crippen LogP contribution >= 0.6 is 12.4 Å². The Kier molecular flexibility index (Phi) is 28.9. The van der Waals surface area contributed by atoms with Gasteiger partial charge in [-0.05, 0) is 200 Å². The Morgan fingerprint density at radius 1 is 0.609 bits per heavy atom. The lowest BCUT2D eigenvalue weighted by molar-refractivity contribution is 0.0696. The maximum atomic E-state index is 13.8. The summed E-state index contributed by atoms with van der Waals surface area (Å²) in [4.78, 5) is 42.5. The van der Waals surface area contributed by atoms with E-state index < -0.39 is 103 Å². The van der Waals surface area contributed by atoms with E-state index in [9.17, 15) is 26.4 Å². The fourth-order valence-electron chi connectivity index (χ4n) is 6.90. The molecule has 1 aromatic heterocycles. The number of aliphatic imine (C=N–C) groups is 2. The highest BCUT2D eigenvalue weighted by Crippen LogP contribution is 2.31. The van der Waals surface area contributed by atoms with Gasteiger partial charge in [0, 0.05) is 50.0 Å². The highest BCUT2D eigenvalue weighted by atomic mass is 35.5. The Balaban J connectivity index is 0.000000638. The Bertz CT molecular complexity index is 3910. The van der Waals surface area contributed by atoms with Crippen molar-refractivity contribution in [2.75, 3.05) is 110 Å². The number of aryl methyl sites for hydroxylation is 2.